The SMILES string of the molecule is O=C1NC(=S)N(c2ccc(Br)cc2)C(=O)/C1=C/c1cc(Br)c(Sc2ccc(Cl)cc2)o1. The Morgan fingerprint density at radius 1 is 1.06 bits per heavy atom. The Morgan fingerprint density at radius 2 is 1.74 bits per heavy atom. The molecule has 1 fully saturated rings. The predicted molar refractivity (Wildman–Crippen MR) is 132 cm³/mol. The average Bonchev–Trinajstić information content (AvgIpc) is 3.07. The molecule has 1 aromatic heterocycles. The monoisotopic (exact) mass is 596 g/mol. The molecule has 10 heteroatoms. The number of rotatable bonds is 4. The topological polar surface area (TPSA) is 62.6 Å². The third kappa shape index (κ3) is 4.96. The molecule has 0 atom stereocenters. The van der Waals surface area contributed by atoms with Crippen LogP contribution in [-0.4, -0.2) is 16.9 Å². The third-order valence-electron chi connectivity index (χ3n) is 4.17. The van der Waals surface area contributed by atoms with Gasteiger partial charge in [0, 0.05) is 14.4 Å². The highest BCUT2D eigenvalue weighted by Crippen LogP contribution is 2.37. The number of anilines is 1. The summed E-state index contributed by atoms with van der Waals surface area (Å²) < 4.78 is 7.40. The summed E-state index contributed by atoms with van der Waals surface area (Å²) in [6.45, 7) is 0. The van der Waals surface area contributed by atoms with Gasteiger partial charge >= 0.3 is 0 Å². The van der Waals surface area contributed by atoms with Crippen molar-refractivity contribution in [2.75, 3.05) is 4.90 Å². The van der Waals surface area contributed by atoms with Gasteiger partial charge in [0.05, 0.1) is 10.2 Å². The van der Waals surface area contributed by atoms with Crippen molar-refractivity contribution in [3.05, 3.63) is 79.9 Å². The van der Waals surface area contributed by atoms with Crippen LogP contribution < -0.4 is 10.2 Å². The summed E-state index contributed by atoms with van der Waals surface area (Å²) >= 11 is 19.3. The molecule has 1 aliphatic rings. The summed E-state index contributed by atoms with van der Waals surface area (Å²) in [6, 6.07) is 16.0. The highest BCUT2D eigenvalue weighted by atomic mass is 79.9. The smallest absolute Gasteiger partial charge is 0.270 e. The van der Waals surface area contributed by atoms with Crippen molar-refractivity contribution in [2.24, 2.45) is 0 Å². The van der Waals surface area contributed by atoms with Crippen LogP contribution in [0.2, 0.25) is 5.02 Å². The minimum absolute atomic E-state index is 0.0223. The Kier molecular flexibility index (Phi) is 6.68. The molecule has 1 N–H and O–H groups in total. The Morgan fingerprint density at radius 3 is 2.42 bits per heavy atom. The lowest BCUT2D eigenvalue weighted by Gasteiger charge is -2.28. The van der Waals surface area contributed by atoms with Gasteiger partial charge in [-0.25, -0.2) is 0 Å². The zero-order valence-electron chi connectivity index (χ0n) is 15.4. The van der Waals surface area contributed by atoms with Gasteiger partial charge in [-0.15, -0.1) is 0 Å². The number of furan rings is 1. The Balaban J connectivity index is 1.63. The number of carbonyl (C=O) groups is 2. The van der Waals surface area contributed by atoms with Crippen LogP contribution in [0.5, 0.6) is 0 Å². The number of amides is 2. The van der Waals surface area contributed by atoms with Crippen LogP contribution >= 0.6 is 67.4 Å². The van der Waals surface area contributed by atoms with Crippen LogP contribution in [0.3, 0.4) is 0 Å². The second-order valence-corrected chi connectivity index (χ2v) is 9.91. The fraction of sp³-hybridized carbons (Fsp3) is 0. The fourth-order valence-corrected chi connectivity index (χ4v) is 4.75. The lowest BCUT2D eigenvalue weighted by Crippen LogP contribution is -2.54. The van der Waals surface area contributed by atoms with E-state index >= 15 is 0 Å². The van der Waals surface area contributed by atoms with E-state index in [4.69, 9.17) is 28.2 Å². The lowest BCUT2D eigenvalue weighted by atomic mass is 10.1. The maximum absolute atomic E-state index is 13.1. The number of hydrogen-bond donors (Lipinski definition) is 1. The number of thiocarbonyl (C=S) groups is 1. The lowest BCUT2D eigenvalue weighted by molar-refractivity contribution is -0.122. The van der Waals surface area contributed by atoms with E-state index in [0.29, 0.717) is 26.0 Å². The first kappa shape index (κ1) is 22.3. The predicted octanol–water partition coefficient (Wildman–Crippen LogP) is 6.44. The van der Waals surface area contributed by atoms with Gasteiger partial charge in [0.15, 0.2) is 10.2 Å². The van der Waals surface area contributed by atoms with Gasteiger partial charge in [-0.05, 0) is 88.8 Å². The normalized spacial score (nSPS) is 15.5. The summed E-state index contributed by atoms with van der Waals surface area (Å²) in [5, 5.41) is 3.80. The molecular formula is C21H11Br2ClN2O3S2. The van der Waals surface area contributed by atoms with Gasteiger partial charge in [0.25, 0.3) is 11.8 Å². The number of benzene rings is 2. The molecule has 3 aromatic rings. The molecule has 0 aliphatic carbocycles. The van der Waals surface area contributed by atoms with Crippen molar-refractivity contribution in [1.82, 2.24) is 5.32 Å². The fourth-order valence-electron chi connectivity index (χ4n) is 2.74. The highest BCUT2D eigenvalue weighted by Gasteiger charge is 2.34. The summed E-state index contributed by atoms with van der Waals surface area (Å²) in [5.74, 6) is -0.760. The molecule has 0 radical (unpaired) electrons. The minimum atomic E-state index is -0.581. The third-order valence-corrected chi connectivity index (χ3v) is 7.09. The van der Waals surface area contributed by atoms with Crippen LogP contribution in [0, 0.1) is 0 Å². The van der Waals surface area contributed by atoms with E-state index < -0.39 is 11.8 Å². The van der Waals surface area contributed by atoms with Gasteiger partial charge in [0.2, 0.25) is 0 Å². The van der Waals surface area contributed by atoms with Crippen LogP contribution in [0.1, 0.15) is 5.76 Å². The van der Waals surface area contributed by atoms with Crippen LogP contribution in [0.15, 0.2) is 83.5 Å². The standard InChI is InChI=1S/C21H11Br2ClN2O3S2/c22-11-1-5-13(6-2-11)26-19(28)16(18(27)25-21(26)30)9-14-10-17(23)20(29-14)31-15-7-3-12(24)4-8-15/h1-10H,(H,25,27,30)/b16-9+. The Bertz CT molecular complexity index is 1220. The number of halogens is 3. The molecule has 1 saturated heterocycles. The summed E-state index contributed by atoms with van der Waals surface area (Å²) in [5.41, 5.74) is 0.463. The summed E-state index contributed by atoms with van der Waals surface area (Å²) in [7, 11) is 0. The number of hydrogen-bond acceptors (Lipinski definition) is 5. The van der Waals surface area contributed by atoms with Gasteiger partial charge in [-0.3, -0.25) is 19.8 Å². The van der Waals surface area contributed by atoms with Crippen molar-refractivity contribution >= 4 is 96.1 Å². The molecular weight excluding hydrogens is 588 g/mol. The van der Waals surface area contributed by atoms with E-state index in [9.17, 15) is 9.59 Å². The van der Waals surface area contributed by atoms with Crippen molar-refractivity contribution in [2.45, 2.75) is 9.99 Å². The molecule has 2 heterocycles. The molecule has 0 spiro atoms. The van der Waals surface area contributed by atoms with Crippen molar-refractivity contribution in [3.63, 3.8) is 0 Å². The van der Waals surface area contributed by atoms with E-state index in [-0.39, 0.29) is 10.7 Å². The molecule has 156 valence electrons. The highest BCUT2D eigenvalue weighted by molar-refractivity contribution is 9.10. The van der Waals surface area contributed by atoms with Gasteiger partial charge < -0.3 is 4.42 Å². The van der Waals surface area contributed by atoms with Gasteiger partial charge in [-0.2, -0.15) is 0 Å². The molecule has 0 saturated carbocycles. The van der Waals surface area contributed by atoms with Crippen molar-refractivity contribution in [1.29, 1.82) is 0 Å². The molecule has 2 amide bonds. The number of nitrogens with one attached hydrogen (secondary N) is 1. The summed E-state index contributed by atoms with van der Waals surface area (Å²) in [6.07, 6.45) is 1.40. The largest absolute Gasteiger partial charge is 0.449 e. The molecule has 0 bridgehead atoms. The van der Waals surface area contributed by atoms with Crippen LogP contribution in [-0.2, 0) is 9.59 Å². The van der Waals surface area contributed by atoms with Gasteiger partial charge in [0.1, 0.15) is 11.3 Å². The molecule has 1 aliphatic heterocycles. The first-order valence-corrected chi connectivity index (χ1v) is 11.9. The van der Waals surface area contributed by atoms with E-state index in [1.165, 1.54) is 22.7 Å². The second kappa shape index (κ2) is 9.30. The molecule has 5 nitrogen and oxygen atoms in total. The zero-order valence-corrected chi connectivity index (χ0v) is 21.0. The van der Waals surface area contributed by atoms with E-state index in [1.807, 2.05) is 12.1 Å². The summed E-state index contributed by atoms with van der Waals surface area (Å²) in [4.78, 5) is 27.8. The van der Waals surface area contributed by atoms with E-state index in [1.54, 1.807) is 42.5 Å². The number of nitrogens with zero attached hydrogens (tertiary/aromatic N) is 1. The molecule has 2 aromatic carbocycles. The van der Waals surface area contributed by atoms with Crippen molar-refractivity contribution < 1.29 is 14.0 Å². The minimum Gasteiger partial charge on any atom is -0.449 e. The van der Waals surface area contributed by atoms with E-state index in [2.05, 4.69) is 37.2 Å². The van der Waals surface area contributed by atoms with Gasteiger partial charge in [-0.1, -0.05) is 39.3 Å². The Hall–Kier alpha value is -1.91. The van der Waals surface area contributed by atoms with Crippen LogP contribution in [0.25, 0.3) is 6.08 Å². The first-order valence-electron chi connectivity index (χ1n) is 8.71. The molecule has 4 rings (SSSR count). The van der Waals surface area contributed by atoms with Crippen LogP contribution in [0.4, 0.5) is 5.69 Å². The average molecular weight is 599 g/mol. The zero-order chi connectivity index (χ0) is 22.1. The first-order chi connectivity index (χ1) is 14.8. The molecule has 31 heavy (non-hydrogen) atoms. The maximum atomic E-state index is 13.1. The number of carbonyl (C=O) groups excluding carboxylic acids is 2. The Labute approximate surface area is 209 Å². The van der Waals surface area contributed by atoms with E-state index in [0.717, 1.165) is 9.37 Å². The quantitative estimate of drug-likeness (QED) is 0.213. The molecule has 0 unspecified atom stereocenters. The maximum Gasteiger partial charge on any atom is 0.270 e. The van der Waals surface area contributed by atoms with Crippen molar-refractivity contribution in [3.8, 4) is 0 Å². The second-order valence-electron chi connectivity index (χ2n) is 6.27.